The molecule has 1 aliphatic rings. The van der Waals surface area contributed by atoms with Crippen molar-refractivity contribution >= 4 is 22.6 Å². The molecule has 1 saturated heterocycles. The maximum Gasteiger partial charge on any atom is 0.254 e. The number of hydrogen-bond donors (Lipinski definition) is 1. The predicted molar refractivity (Wildman–Crippen MR) is 124 cm³/mol. The Balaban J connectivity index is 1.30. The largest absolute Gasteiger partial charge is 0.348 e. The van der Waals surface area contributed by atoms with Crippen LogP contribution in [0.3, 0.4) is 0 Å². The quantitative estimate of drug-likeness (QED) is 0.664. The van der Waals surface area contributed by atoms with Gasteiger partial charge in [0.2, 0.25) is 5.91 Å². The summed E-state index contributed by atoms with van der Waals surface area (Å²) in [7, 11) is 0. The zero-order valence-electron chi connectivity index (χ0n) is 18.5. The Morgan fingerprint density at radius 2 is 1.72 bits per heavy atom. The van der Waals surface area contributed by atoms with Crippen LogP contribution in [0.2, 0.25) is 0 Å². The van der Waals surface area contributed by atoms with Gasteiger partial charge in [0.05, 0.1) is 12.6 Å². The maximum atomic E-state index is 13.8. The molecule has 1 aliphatic heterocycles. The van der Waals surface area contributed by atoms with E-state index in [2.05, 4.69) is 23.5 Å². The van der Waals surface area contributed by atoms with E-state index in [9.17, 15) is 14.0 Å². The van der Waals surface area contributed by atoms with Gasteiger partial charge >= 0.3 is 0 Å². The summed E-state index contributed by atoms with van der Waals surface area (Å²) in [5.74, 6) is -0.574. The molecule has 2 amide bonds. The van der Waals surface area contributed by atoms with Crippen LogP contribution in [0, 0.1) is 12.7 Å². The summed E-state index contributed by atoms with van der Waals surface area (Å²) < 4.78 is 13.8. The van der Waals surface area contributed by atoms with E-state index in [1.807, 2.05) is 36.1 Å². The molecule has 6 heteroatoms. The van der Waals surface area contributed by atoms with Crippen molar-refractivity contribution in [3.63, 3.8) is 0 Å². The number of carbonyl (C=O) groups excluding carboxylic acids is 2. The van der Waals surface area contributed by atoms with E-state index in [1.165, 1.54) is 6.07 Å². The second-order valence-electron chi connectivity index (χ2n) is 8.39. The highest BCUT2D eigenvalue weighted by Crippen LogP contribution is 2.24. The molecule has 166 valence electrons. The number of nitrogens with zero attached hydrogens (tertiary/aromatic N) is 2. The van der Waals surface area contributed by atoms with Gasteiger partial charge in [-0.05, 0) is 47.9 Å². The number of amides is 2. The molecule has 1 heterocycles. The van der Waals surface area contributed by atoms with Gasteiger partial charge in [-0.15, -0.1) is 0 Å². The molecule has 0 spiro atoms. The number of benzene rings is 3. The number of rotatable bonds is 5. The van der Waals surface area contributed by atoms with E-state index in [0.29, 0.717) is 37.3 Å². The first kappa shape index (κ1) is 22.0. The van der Waals surface area contributed by atoms with E-state index < -0.39 is 0 Å². The van der Waals surface area contributed by atoms with Crippen molar-refractivity contribution in [3.8, 4) is 0 Å². The zero-order valence-corrected chi connectivity index (χ0v) is 18.5. The minimum Gasteiger partial charge on any atom is -0.348 e. The van der Waals surface area contributed by atoms with Crippen LogP contribution >= 0.6 is 0 Å². The summed E-state index contributed by atoms with van der Waals surface area (Å²) in [5.41, 5.74) is 1.98. The Hall–Kier alpha value is -3.25. The first-order valence-electron chi connectivity index (χ1n) is 11.0. The third kappa shape index (κ3) is 4.81. The summed E-state index contributed by atoms with van der Waals surface area (Å²) >= 11 is 0. The Morgan fingerprint density at radius 1 is 1.00 bits per heavy atom. The third-order valence-corrected chi connectivity index (χ3v) is 6.11. The Bertz CT molecular complexity index is 1130. The first-order valence-corrected chi connectivity index (χ1v) is 11.0. The van der Waals surface area contributed by atoms with Gasteiger partial charge in [-0.1, -0.05) is 48.5 Å². The van der Waals surface area contributed by atoms with Crippen molar-refractivity contribution in [1.29, 1.82) is 0 Å². The van der Waals surface area contributed by atoms with E-state index in [4.69, 9.17) is 0 Å². The van der Waals surface area contributed by atoms with Gasteiger partial charge in [-0.2, -0.15) is 0 Å². The monoisotopic (exact) mass is 433 g/mol. The van der Waals surface area contributed by atoms with E-state index in [-0.39, 0.29) is 30.2 Å². The van der Waals surface area contributed by atoms with Crippen LogP contribution in [0.4, 0.5) is 4.39 Å². The van der Waals surface area contributed by atoms with Crippen molar-refractivity contribution in [2.24, 2.45) is 0 Å². The molecular formula is C26H28FN3O2. The van der Waals surface area contributed by atoms with Gasteiger partial charge in [0.25, 0.3) is 5.91 Å². The Kier molecular flexibility index (Phi) is 6.51. The van der Waals surface area contributed by atoms with Gasteiger partial charge < -0.3 is 10.2 Å². The highest BCUT2D eigenvalue weighted by Gasteiger charge is 2.24. The van der Waals surface area contributed by atoms with E-state index >= 15 is 0 Å². The van der Waals surface area contributed by atoms with Crippen LogP contribution in [-0.2, 0) is 4.79 Å². The fourth-order valence-corrected chi connectivity index (χ4v) is 4.21. The first-order chi connectivity index (χ1) is 15.4. The van der Waals surface area contributed by atoms with Crippen LogP contribution < -0.4 is 5.32 Å². The molecule has 0 saturated carbocycles. The minimum atomic E-state index is -0.369. The summed E-state index contributed by atoms with van der Waals surface area (Å²) in [6.45, 7) is 6.20. The second-order valence-corrected chi connectivity index (χ2v) is 8.39. The summed E-state index contributed by atoms with van der Waals surface area (Å²) in [5, 5.41) is 5.40. The lowest BCUT2D eigenvalue weighted by Crippen LogP contribution is -2.51. The van der Waals surface area contributed by atoms with Gasteiger partial charge in [-0.3, -0.25) is 14.5 Å². The van der Waals surface area contributed by atoms with Crippen molar-refractivity contribution in [3.05, 3.63) is 83.2 Å². The lowest BCUT2D eigenvalue weighted by atomic mass is 10.00. The van der Waals surface area contributed by atoms with Crippen molar-refractivity contribution in [2.75, 3.05) is 32.7 Å². The molecule has 0 bridgehead atoms. The highest BCUT2D eigenvalue weighted by atomic mass is 19.1. The van der Waals surface area contributed by atoms with Gasteiger partial charge in [0, 0.05) is 31.7 Å². The Morgan fingerprint density at radius 3 is 2.47 bits per heavy atom. The van der Waals surface area contributed by atoms with Crippen LogP contribution in [0.5, 0.6) is 0 Å². The standard InChI is InChI=1S/C26H28FN3O2/c1-18-10-11-21(16-24(18)27)26(32)30-14-12-29(13-15-30)17-25(31)28-19(2)22-9-5-7-20-6-3-4-8-23(20)22/h3-11,16,19H,12-15,17H2,1-2H3,(H,28,31). The molecule has 0 radical (unpaired) electrons. The second kappa shape index (κ2) is 9.49. The predicted octanol–water partition coefficient (Wildman–Crippen LogP) is 3.92. The SMILES string of the molecule is Cc1ccc(C(=O)N2CCN(CC(=O)NC(C)c3cccc4ccccc34)CC2)cc1F. The third-order valence-electron chi connectivity index (χ3n) is 6.11. The Labute approximate surface area is 187 Å². The molecule has 1 N–H and O–H groups in total. The molecule has 1 fully saturated rings. The minimum absolute atomic E-state index is 0.0363. The summed E-state index contributed by atoms with van der Waals surface area (Å²) in [6.07, 6.45) is 0. The number of nitrogens with one attached hydrogen (secondary N) is 1. The fourth-order valence-electron chi connectivity index (χ4n) is 4.21. The molecule has 3 aromatic rings. The molecule has 3 aromatic carbocycles. The molecule has 5 nitrogen and oxygen atoms in total. The average molecular weight is 434 g/mol. The number of aryl methyl sites for hydroxylation is 1. The molecule has 0 aromatic heterocycles. The van der Waals surface area contributed by atoms with Crippen LogP contribution in [0.1, 0.15) is 34.5 Å². The van der Waals surface area contributed by atoms with E-state index in [1.54, 1.807) is 24.0 Å². The van der Waals surface area contributed by atoms with Crippen LogP contribution in [0.15, 0.2) is 60.7 Å². The normalized spacial score (nSPS) is 15.5. The molecule has 1 unspecified atom stereocenters. The van der Waals surface area contributed by atoms with E-state index in [0.717, 1.165) is 16.3 Å². The zero-order chi connectivity index (χ0) is 22.7. The topological polar surface area (TPSA) is 52.7 Å². The lowest BCUT2D eigenvalue weighted by Gasteiger charge is -2.34. The maximum absolute atomic E-state index is 13.8. The highest BCUT2D eigenvalue weighted by molar-refractivity contribution is 5.94. The lowest BCUT2D eigenvalue weighted by molar-refractivity contribution is -0.123. The van der Waals surface area contributed by atoms with Gasteiger partial charge in [0.15, 0.2) is 0 Å². The summed E-state index contributed by atoms with van der Waals surface area (Å²) in [4.78, 5) is 29.1. The smallest absolute Gasteiger partial charge is 0.254 e. The van der Waals surface area contributed by atoms with Gasteiger partial charge in [-0.25, -0.2) is 4.39 Å². The molecule has 1 atom stereocenters. The van der Waals surface area contributed by atoms with Crippen LogP contribution in [0.25, 0.3) is 10.8 Å². The van der Waals surface area contributed by atoms with Crippen molar-refractivity contribution in [2.45, 2.75) is 19.9 Å². The number of fused-ring (bicyclic) bond motifs is 1. The molecular weight excluding hydrogens is 405 g/mol. The van der Waals surface area contributed by atoms with Crippen molar-refractivity contribution in [1.82, 2.24) is 15.1 Å². The number of halogens is 1. The number of hydrogen-bond acceptors (Lipinski definition) is 3. The number of piperazine rings is 1. The van der Waals surface area contributed by atoms with Crippen LogP contribution in [-0.4, -0.2) is 54.3 Å². The number of carbonyl (C=O) groups is 2. The molecule has 4 rings (SSSR count). The van der Waals surface area contributed by atoms with Crippen molar-refractivity contribution < 1.29 is 14.0 Å². The molecule has 0 aliphatic carbocycles. The average Bonchev–Trinajstić information content (AvgIpc) is 2.80. The fraction of sp³-hybridized carbons (Fsp3) is 0.308. The summed E-state index contributed by atoms with van der Waals surface area (Å²) in [6, 6.07) is 18.8. The van der Waals surface area contributed by atoms with Gasteiger partial charge in [0.1, 0.15) is 5.82 Å². The molecule has 32 heavy (non-hydrogen) atoms.